The molecule has 1 N–H and O–H groups in total. The second-order valence-electron chi connectivity index (χ2n) is 6.10. The fourth-order valence-corrected chi connectivity index (χ4v) is 3.85. The fourth-order valence-electron chi connectivity index (χ4n) is 2.65. The van der Waals surface area contributed by atoms with Crippen molar-refractivity contribution in [2.45, 2.75) is 4.90 Å². The van der Waals surface area contributed by atoms with E-state index in [1.807, 2.05) is 24.5 Å². The summed E-state index contributed by atoms with van der Waals surface area (Å²) in [5.74, 6) is -1.11. The monoisotopic (exact) mass is 428 g/mol. The number of aromatic nitrogens is 3. The van der Waals surface area contributed by atoms with Crippen LogP contribution in [0.2, 0.25) is 0 Å². The Morgan fingerprint density at radius 1 is 0.833 bits per heavy atom. The normalized spacial score (nSPS) is 11.3. The molecule has 0 aliphatic rings. The van der Waals surface area contributed by atoms with Crippen molar-refractivity contribution >= 4 is 15.7 Å². The molecule has 0 atom stereocenters. The highest BCUT2D eigenvalue weighted by Gasteiger charge is 2.23. The molecule has 0 amide bonds. The predicted octanol–water partition coefficient (Wildman–Crippen LogP) is 4.14. The van der Waals surface area contributed by atoms with Gasteiger partial charge in [0.15, 0.2) is 10.7 Å². The van der Waals surface area contributed by atoms with E-state index in [1.165, 1.54) is 24.3 Å². The highest BCUT2D eigenvalue weighted by atomic mass is 32.2. The minimum Gasteiger partial charge on any atom is -0.438 e. The number of hydrogen-bond donors (Lipinski definition) is 1. The summed E-state index contributed by atoms with van der Waals surface area (Å²) in [6, 6.07) is 15.7. The first-order valence-electron chi connectivity index (χ1n) is 8.64. The smallest absolute Gasteiger partial charge is 0.267 e. The second kappa shape index (κ2) is 7.91. The van der Waals surface area contributed by atoms with Gasteiger partial charge in [-0.3, -0.25) is 4.72 Å². The molecule has 0 aliphatic carbocycles. The molecular formula is C20H14F2N4O3S. The first-order chi connectivity index (χ1) is 14.4. The average Bonchev–Trinajstić information content (AvgIpc) is 3.24. The Morgan fingerprint density at radius 3 is 2.10 bits per heavy atom. The number of nitrogens with one attached hydrogen (secondary N) is 1. The highest BCUT2D eigenvalue weighted by Crippen LogP contribution is 2.25. The van der Waals surface area contributed by atoms with Gasteiger partial charge in [0.1, 0.15) is 17.4 Å². The van der Waals surface area contributed by atoms with Crippen LogP contribution in [0.15, 0.2) is 84.0 Å². The van der Waals surface area contributed by atoms with E-state index in [0.29, 0.717) is 11.6 Å². The molecule has 0 saturated carbocycles. The average molecular weight is 428 g/mol. The molecule has 30 heavy (non-hydrogen) atoms. The van der Waals surface area contributed by atoms with Crippen molar-refractivity contribution in [3.05, 3.63) is 90.8 Å². The van der Waals surface area contributed by atoms with Gasteiger partial charge in [0.2, 0.25) is 5.88 Å². The second-order valence-corrected chi connectivity index (χ2v) is 7.72. The van der Waals surface area contributed by atoms with Crippen LogP contribution in [0.3, 0.4) is 0 Å². The van der Waals surface area contributed by atoms with Gasteiger partial charge in [0, 0.05) is 24.1 Å². The van der Waals surface area contributed by atoms with E-state index >= 15 is 0 Å². The lowest BCUT2D eigenvalue weighted by Crippen LogP contribution is -2.16. The van der Waals surface area contributed by atoms with Gasteiger partial charge >= 0.3 is 0 Å². The summed E-state index contributed by atoms with van der Waals surface area (Å²) in [7, 11) is -4.44. The molecule has 7 nitrogen and oxygen atoms in total. The van der Waals surface area contributed by atoms with Crippen LogP contribution in [0.25, 0.3) is 5.82 Å². The molecule has 0 aliphatic heterocycles. The summed E-state index contributed by atoms with van der Waals surface area (Å²) in [4.78, 5) is -1.04. The van der Waals surface area contributed by atoms with Gasteiger partial charge in [-0.1, -0.05) is 6.07 Å². The number of nitrogens with zero attached hydrogens (tertiary/aromatic N) is 3. The standard InChI is InChI=1S/C20H14F2N4O3S/c21-16-4-3-5-17(22)20(16)30(27,28)25-14-6-8-15(9-7-14)29-19-11-10-18(23-24-19)26-12-1-2-13-26/h1-13,25H. The zero-order chi connectivity index (χ0) is 21.1. The Labute approximate surface area is 170 Å². The third kappa shape index (κ3) is 4.13. The highest BCUT2D eigenvalue weighted by molar-refractivity contribution is 7.92. The third-order valence-corrected chi connectivity index (χ3v) is 5.44. The molecule has 152 valence electrons. The van der Waals surface area contributed by atoms with Crippen molar-refractivity contribution in [2.75, 3.05) is 4.72 Å². The van der Waals surface area contributed by atoms with E-state index in [1.54, 1.807) is 16.7 Å². The predicted molar refractivity (Wildman–Crippen MR) is 105 cm³/mol. The Bertz CT molecular complexity index is 1240. The van der Waals surface area contributed by atoms with Crippen LogP contribution >= 0.6 is 0 Å². The van der Waals surface area contributed by atoms with Gasteiger partial charge < -0.3 is 9.30 Å². The number of rotatable bonds is 6. The fraction of sp³-hybridized carbons (Fsp3) is 0. The van der Waals surface area contributed by atoms with Crippen molar-refractivity contribution in [3.63, 3.8) is 0 Å². The van der Waals surface area contributed by atoms with Crippen molar-refractivity contribution in [2.24, 2.45) is 0 Å². The minimum absolute atomic E-state index is 0.110. The molecule has 4 aromatic rings. The molecule has 0 saturated heterocycles. The van der Waals surface area contributed by atoms with Crippen LogP contribution in [0.4, 0.5) is 14.5 Å². The van der Waals surface area contributed by atoms with Crippen LogP contribution in [0.5, 0.6) is 11.6 Å². The first-order valence-corrected chi connectivity index (χ1v) is 10.1. The van der Waals surface area contributed by atoms with Crippen LogP contribution in [-0.4, -0.2) is 23.2 Å². The first kappa shape index (κ1) is 19.5. The van der Waals surface area contributed by atoms with Crippen LogP contribution < -0.4 is 9.46 Å². The molecule has 0 unspecified atom stereocenters. The quantitative estimate of drug-likeness (QED) is 0.499. The molecule has 0 radical (unpaired) electrons. The lowest BCUT2D eigenvalue weighted by Gasteiger charge is -2.10. The number of benzene rings is 2. The van der Waals surface area contributed by atoms with Gasteiger partial charge in [0.05, 0.1) is 0 Å². The maximum atomic E-state index is 13.8. The zero-order valence-electron chi connectivity index (χ0n) is 15.2. The van der Waals surface area contributed by atoms with E-state index in [4.69, 9.17) is 4.74 Å². The Hall–Kier alpha value is -3.79. The minimum atomic E-state index is -4.44. The maximum absolute atomic E-state index is 13.8. The molecule has 2 aromatic carbocycles. The van der Waals surface area contributed by atoms with Crippen molar-refractivity contribution in [3.8, 4) is 17.4 Å². The van der Waals surface area contributed by atoms with Crippen molar-refractivity contribution in [1.82, 2.24) is 14.8 Å². The van der Waals surface area contributed by atoms with Gasteiger partial charge in [-0.25, -0.2) is 17.2 Å². The summed E-state index contributed by atoms with van der Waals surface area (Å²) in [6.07, 6.45) is 3.66. The number of ether oxygens (including phenoxy) is 1. The van der Waals surface area contributed by atoms with Gasteiger partial charge in [0.25, 0.3) is 10.0 Å². The molecule has 4 rings (SSSR count). The third-order valence-electron chi connectivity index (χ3n) is 4.01. The van der Waals surface area contributed by atoms with E-state index in [0.717, 1.165) is 18.2 Å². The van der Waals surface area contributed by atoms with Crippen LogP contribution in [-0.2, 0) is 10.0 Å². The van der Waals surface area contributed by atoms with Crippen molar-refractivity contribution in [1.29, 1.82) is 0 Å². The van der Waals surface area contributed by atoms with Gasteiger partial charge in [-0.05, 0) is 54.6 Å². The molecule has 10 heteroatoms. The molecule has 0 spiro atoms. The summed E-state index contributed by atoms with van der Waals surface area (Å²) in [6.45, 7) is 0. The van der Waals surface area contributed by atoms with Gasteiger partial charge in [-0.2, -0.15) is 0 Å². The Kier molecular flexibility index (Phi) is 5.15. The van der Waals surface area contributed by atoms with Crippen LogP contribution in [0.1, 0.15) is 0 Å². The van der Waals surface area contributed by atoms with E-state index in [-0.39, 0.29) is 11.6 Å². The van der Waals surface area contributed by atoms with Gasteiger partial charge in [-0.15, -0.1) is 10.2 Å². The Morgan fingerprint density at radius 2 is 1.50 bits per heavy atom. The number of hydrogen-bond acceptors (Lipinski definition) is 5. The summed E-state index contributed by atoms with van der Waals surface area (Å²) in [5, 5.41) is 8.04. The lowest BCUT2D eigenvalue weighted by atomic mass is 10.3. The molecule has 2 heterocycles. The molecule has 2 aromatic heterocycles. The van der Waals surface area contributed by atoms with Crippen LogP contribution in [0, 0.1) is 11.6 Å². The molecular weight excluding hydrogens is 414 g/mol. The number of sulfonamides is 1. The van der Waals surface area contributed by atoms with E-state index in [9.17, 15) is 17.2 Å². The lowest BCUT2D eigenvalue weighted by molar-refractivity contribution is 0.454. The number of halogens is 2. The largest absolute Gasteiger partial charge is 0.438 e. The Balaban J connectivity index is 1.47. The maximum Gasteiger partial charge on any atom is 0.267 e. The summed E-state index contributed by atoms with van der Waals surface area (Å²) in [5.41, 5.74) is 0.110. The van der Waals surface area contributed by atoms with E-state index < -0.39 is 26.6 Å². The number of anilines is 1. The molecule has 0 fully saturated rings. The molecule has 0 bridgehead atoms. The summed E-state index contributed by atoms with van der Waals surface area (Å²) < 4.78 is 61.7. The van der Waals surface area contributed by atoms with Crippen molar-refractivity contribution < 1.29 is 21.9 Å². The zero-order valence-corrected chi connectivity index (χ0v) is 16.1. The topological polar surface area (TPSA) is 86.1 Å². The SMILES string of the molecule is O=S(=O)(Nc1ccc(Oc2ccc(-n3cccc3)nn2)cc1)c1c(F)cccc1F. The summed E-state index contributed by atoms with van der Waals surface area (Å²) >= 11 is 0. The van der Waals surface area contributed by atoms with E-state index in [2.05, 4.69) is 14.9 Å².